The Bertz CT molecular complexity index is 435. The zero-order valence-corrected chi connectivity index (χ0v) is 14.0. The Kier molecular flexibility index (Phi) is 3.21. The highest BCUT2D eigenvalue weighted by atomic mass is 79.9. The van der Waals surface area contributed by atoms with Crippen molar-refractivity contribution in [1.82, 2.24) is 0 Å². The number of hydrogen-bond acceptors (Lipinski definition) is 3. The summed E-state index contributed by atoms with van der Waals surface area (Å²) >= 11 is 3.50. The van der Waals surface area contributed by atoms with Gasteiger partial charge in [-0.15, -0.1) is 0 Å². The minimum absolute atomic E-state index is 0.196. The molecule has 2 unspecified atom stereocenters. The van der Waals surface area contributed by atoms with Gasteiger partial charge >= 0.3 is 5.97 Å². The lowest BCUT2D eigenvalue weighted by atomic mass is 9.65. The number of carbonyl (C=O) groups excluding carboxylic acids is 2. The van der Waals surface area contributed by atoms with Crippen molar-refractivity contribution in [2.45, 2.75) is 59.5 Å². The predicted molar refractivity (Wildman–Crippen MR) is 77.1 cm³/mol. The molecule has 2 fully saturated rings. The SMILES string of the molecule is CC(C)(C)OC(=O)C12CCC(CBr)(C(=O)C1)C2(C)C. The molecule has 0 aromatic rings. The van der Waals surface area contributed by atoms with Crippen LogP contribution in [0, 0.1) is 16.2 Å². The van der Waals surface area contributed by atoms with Crippen LogP contribution in [-0.2, 0) is 14.3 Å². The summed E-state index contributed by atoms with van der Waals surface area (Å²) in [6.45, 7) is 9.72. The number of ketones is 1. The van der Waals surface area contributed by atoms with Crippen molar-refractivity contribution in [3.63, 3.8) is 0 Å². The number of fused-ring (bicyclic) bond motifs is 2. The molecule has 0 aromatic heterocycles. The van der Waals surface area contributed by atoms with Crippen molar-refractivity contribution in [2.24, 2.45) is 16.2 Å². The number of alkyl halides is 1. The van der Waals surface area contributed by atoms with Gasteiger partial charge in [-0.25, -0.2) is 0 Å². The van der Waals surface area contributed by atoms with Crippen LogP contribution in [0.5, 0.6) is 0 Å². The normalized spacial score (nSPS) is 36.6. The van der Waals surface area contributed by atoms with Gasteiger partial charge in [-0.2, -0.15) is 0 Å². The zero-order valence-electron chi connectivity index (χ0n) is 12.4. The third-order valence-electron chi connectivity index (χ3n) is 5.39. The van der Waals surface area contributed by atoms with Gasteiger partial charge in [0.15, 0.2) is 0 Å². The third kappa shape index (κ3) is 1.75. The summed E-state index contributed by atoms with van der Waals surface area (Å²) in [7, 11) is 0. The fourth-order valence-electron chi connectivity index (χ4n) is 3.86. The summed E-state index contributed by atoms with van der Waals surface area (Å²) < 4.78 is 5.61. The smallest absolute Gasteiger partial charge is 0.313 e. The molecule has 2 atom stereocenters. The summed E-state index contributed by atoms with van der Waals surface area (Å²) in [5.74, 6) is 0.0187. The van der Waals surface area contributed by atoms with Gasteiger partial charge in [0.05, 0.1) is 5.41 Å². The standard InChI is InChI=1S/C15H23BrO3/c1-12(2,3)19-11(18)14-6-7-15(9-16,10(17)8-14)13(14,4)5/h6-9H2,1-5H3. The molecular weight excluding hydrogens is 308 g/mol. The summed E-state index contributed by atoms with van der Waals surface area (Å²) in [6.07, 6.45) is 1.87. The molecule has 2 saturated carbocycles. The lowest BCUT2D eigenvalue weighted by Gasteiger charge is -2.40. The summed E-state index contributed by atoms with van der Waals surface area (Å²) in [4.78, 5) is 25.1. The Morgan fingerprint density at radius 3 is 2.26 bits per heavy atom. The molecule has 0 heterocycles. The van der Waals surface area contributed by atoms with Crippen molar-refractivity contribution in [3.05, 3.63) is 0 Å². The molecule has 2 rings (SSSR count). The number of Topliss-reactive ketones (excluding diaryl/α,β-unsaturated/α-hetero) is 1. The maximum absolute atomic E-state index is 12.7. The molecule has 19 heavy (non-hydrogen) atoms. The van der Waals surface area contributed by atoms with E-state index in [2.05, 4.69) is 29.8 Å². The molecule has 3 nitrogen and oxygen atoms in total. The molecule has 2 aliphatic rings. The first-order valence-electron chi connectivity index (χ1n) is 6.85. The Labute approximate surface area is 123 Å². The van der Waals surface area contributed by atoms with Crippen LogP contribution in [0.4, 0.5) is 0 Å². The lowest BCUT2D eigenvalue weighted by molar-refractivity contribution is -0.173. The second-order valence-corrected chi connectivity index (χ2v) is 8.09. The van der Waals surface area contributed by atoms with Crippen LogP contribution < -0.4 is 0 Å². The maximum atomic E-state index is 12.7. The average Bonchev–Trinajstić information content (AvgIpc) is 2.57. The van der Waals surface area contributed by atoms with Crippen LogP contribution in [-0.4, -0.2) is 22.7 Å². The van der Waals surface area contributed by atoms with Gasteiger partial charge in [0, 0.05) is 17.2 Å². The van der Waals surface area contributed by atoms with E-state index in [-0.39, 0.29) is 17.2 Å². The monoisotopic (exact) mass is 330 g/mol. The number of hydrogen-bond donors (Lipinski definition) is 0. The molecule has 2 bridgehead atoms. The first-order valence-corrected chi connectivity index (χ1v) is 7.97. The van der Waals surface area contributed by atoms with E-state index in [4.69, 9.17) is 4.74 Å². The molecule has 0 N–H and O–H groups in total. The van der Waals surface area contributed by atoms with E-state index in [1.807, 2.05) is 20.8 Å². The first-order chi connectivity index (χ1) is 8.52. The van der Waals surface area contributed by atoms with E-state index < -0.39 is 16.4 Å². The van der Waals surface area contributed by atoms with Gasteiger partial charge in [0.2, 0.25) is 0 Å². The quantitative estimate of drug-likeness (QED) is 0.575. The van der Waals surface area contributed by atoms with Crippen LogP contribution in [0.25, 0.3) is 0 Å². The van der Waals surface area contributed by atoms with Gasteiger partial charge in [0.25, 0.3) is 0 Å². The van der Waals surface area contributed by atoms with Gasteiger partial charge < -0.3 is 4.74 Å². The molecule has 0 aromatic carbocycles. The molecule has 0 spiro atoms. The molecule has 108 valence electrons. The highest BCUT2D eigenvalue weighted by Crippen LogP contribution is 2.71. The predicted octanol–water partition coefficient (Wildman–Crippen LogP) is 3.49. The number of ether oxygens (including phenoxy) is 1. The van der Waals surface area contributed by atoms with Crippen molar-refractivity contribution in [3.8, 4) is 0 Å². The Balaban J connectivity index is 2.41. The van der Waals surface area contributed by atoms with Crippen LogP contribution in [0.1, 0.15) is 53.9 Å². The van der Waals surface area contributed by atoms with Crippen molar-refractivity contribution in [1.29, 1.82) is 0 Å². The van der Waals surface area contributed by atoms with Crippen LogP contribution in [0.2, 0.25) is 0 Å². The highest BCUT2D eigenvalue weighted by Gasteiger charge is 2.74. The van der Waals surface area contributed by atoms with Crippen LogP contribution >= 0.6 is 15.9 Å². The topological polar surface area (TPSA) is 43.4 Å². The summed E-state index contributed by atoms with van der Waals surface area (Å²) in [6, 6.07) is 0. The molecule has 0 amide bonds. The van der Waals surface area contributed by atoms with Gasteiger partial charge in [0.1, 0.15) is 11.4 Å². The van der Waals surface area contributed by atoms with E-state index in [0.717, 1.165) is 12.8 Å². The van der Waals surface area contributed by atoms with Crippen molar-refractivity contribution in [2.75, 3.05) is 5.33 Å². The Hall–Kier alpha value is -0.380. The van der Waals surface area contributed by atoms with E-state index in [1.54, 1.807) is 0 Å². The van der Waals surface area contributed by atoms with Gasteiger partial charge in [-0.1, -0.05) is 29.8 Å². The second kappa shape index (κ2) is 4.06. The molecule has 0 saturated heterocycles. The fraction of sp³-hybridized carbons (Fsp3) is 0.867. The molecule has 2 aliphatic carbocycles. The van der Waals surface area contributed by atoms with Crippen LogP contribution in [0.15, 0.2) is 0 Å². The first kappa shape index (κ1) is 15.0. The van der Waals surface area contributed by atoms with Crippen LogP contribution in [0.3, 0.4) is 0 Å². The zero-order chi connectivity index (χ0) is 14.7. The summed E-state index contributed by atoms with van der Waals surface area (Å²) in [5.41, 5.74) is -1.88. The minimum atomic E-state index is -0.634. The molecular formula is C15H23BrO3. The van der Waals surface area contributed by atoms with Crippen molar-refractivity contribution < 1.29 is 14.3 Å². The van der Waals surface area contributed by atoms with E-state index in [9.17, 15) is 9.59 Å². The molecule has 4 heteroatoms. The fourth-order valence-corrected chi connectivity index (χ4v) is 5.16. The Morgan fingerprint density at radius 1 is 1.32 bits per heavy atom. The third-order valence-corrected chi connectivity index (χ3v) is 6.34. The van der Waals surface area contributed by atoms with E-state index in [0.29, 0.717) is 11.8 Å². The summed E-state index contributed by atoms with van der Waals surface area (Å²) in [5, 5.41) is 0.635. The molecule has 0 aliphatic heterocycles. The van der Waals surface area contributed by atoms with Crippen molar-refractivity contribution >= 4 is 27.7 Å². The van der Waals surface area contributed by atoms with Gasteiger partial charge in [-0.3, -0.25) is 9.59 Å². The average molecular weight is 331 g/mol. The van der Waals surface area contributed by atoms with E-state index >= 15 is 0 Å². The highest BCUT2D eigenvalue weighted by molar-refractivity contribution is 9.09. The number of esters is 1. The number of carbonyl (C=O) groups is 2. The Morgan fingerprint density at radius 2 is 1.89 bits per heavy atom. The van der Waals surface area contributed by atoms with Gasteiger partial charge in [-0.05, 0) is 39.0 Å². The number of rotatable bonds is 2. The second-order valence-electron chi connectivity index (χ2n) is 7.52. The maximum Gasteiger partial charge on any atom is 0.313 e. The largest absolute Gasteiger partial charge is 0.460 e. The number of halogens is 1. The minimum Gasteiger partial charge on any atom is -0.460 e. The van der Waals surface area contributed by atoms with E-state index in [1.165, 1.54) is 0 Å². The lowest BCUT2D eigenvalue weighted by Crippen LogP contribution is -2.45. The molecule has 0 radical (unpaired) electrons.